The molecule has 180 valence electrons. The van der Waals surface area contributed by atoms with Gasteiger partial charge in [-0.25, -0.2) is 4.57 Å². The van der Waals surface area contributed by atoms with E-state index in [1.807, 2.05) is 18.2 Å². The minimum Gasteiger partial charge on any atom is -0.323 e. The van der Waals surface area contributed by atoms with Crippen LogP contribution in [-0.2, 0) is 20.2 Å². The third-order valence-corrected chi connectivity index (χ3v) is 6.67. The van der Waals surface area contributed by atoms with E-state index in [0.29, 0.717) is 11.0 Å². The summed E-state index contributed by atoms with van der Waals surface area (Å²) in [6, 6.07) is 10.2. The van der Waals surface area contributed by atoms with E-state index >= 15 is 0 Å². The highest BCUT2D eigenvalue weighted by molar-refractivity contribution is 7.47. The SMILES string of the molecule is CCCCCCCCCCCCCCOP(=O)(O)OCC[N+](C)(C)Cc1ccccc1. The molecule has 0 fully saturated rings. The Hall–Kier alpha value is -0.710. The third-order valence-electron chi connectivity index (χ3n) is 5.66. The van der Waals surface area contributed by atoms with Crippen LogP contribution in [-0.4, -0.2) is 43.2 Å². The van der Waals surface area contributed by atoms with Gasteiger partial charge in [-0.2, -0.15) is 0 Å². The van der Waals surface area contributed by atoms with Crippen molar-refractivity contribution in [2.75, 3.05) is 33.9 Å². The summed E-state index contributed by atoms with van der Waals surface area (Å²) in [6.45, 7) is 4.23. The van der Waals surface area contributed by atoms with E-state index in [-0.39, 0.29) is 13.2 Å². The van der Waals surface area contributed by atoms with Gasteiger partial charge in [0.2, 0.25) is 0 Å². The second-order valence-corrected chi connectivity index (χ2v) is 10.8. The summed E-state index contributed by atoms with van der Waals surface area (Å²) in [7, 11) is 0.225. The van der Waals surface area contributed by atoms with E-state index in [9.17, 15) is 9.46 Å². The monoisotopic (exact) mass is 456 g/mol. The van der Waals surface area contributed by atoms with Crippen molar-refractivity contribution >= 4 is 7.82 Å². The van der Waals surface area contributed by atoms with Crippen LogP contribution in [0.25, 0.3) is 0 Å². The van der Waals surface area contributed by atoms with E-state index in [4.69, 9.17) is 9.05 Å². The lowest BCUT2D eigenvalue weighted by Crippen LogP contribution is -2.41. The highest BCUT2D eigenvalue weighted by Gasteiger charge is 2.23. The highest BCUT2D eigenvalue weighted by Crippen LogP contribution is 2.43. The number of nitrogens with zero attached hydrogens (tertiary/aromatic N) is 1. The minimum atomic E-state index is -3.95. The lowest BCUT2D eigenvalue weighted by atomic mass is 10.1. The van der Waals surface area contributed by atoms with Crippen LogP contribution < -0.4 is 0 Å². The van der Waals surface area contributed by atoms with E-state index < -0.39 is 7.82 Å². The van der Waals surface area contributed by atoms with Crippen molar-refractivity contribution in [3.05, 3.63) is 35.9 Å². The van der Waals surface area contributed by atoms with E-state index in [1.165, 1.54) is 69.8 Å². The van der Waals surface area contributed by atoms with Gasteiger partial charge in [-0.15, -0.1) is 0 Å². The standard InChI is InChI=1S/C25H46NO4P/c1-4-5-6-7-8-9-10-11-12-13-14-18-22-29-31(27,28)30-23-21-26(2,3)24-25-19-16-15-17-20-25/h15-17,19-20H,4-14,18,21-24H2,1-3H3/p+1. The van der Waals surface area contributed by atoms with Crippen LogP contribution in [0.5, 0.6) is 0 Å². The molecule has 31 heavy (non-hydrogen) atoms. The van der Waals surface area contributed by atoms with Gasteiger partial charge in [0.1, 0.15) is 19.7 Å². The Morgan fingerprint density at radius 2 is 1.26 bits per heavy atom. The van der Waals surface area contributed by atoms with Crippen LogP contribution in [0.4, 0.5) is 0 Å². The molecule has 1 atom stereocenters. The Morgan fingerprint density at radius 1 is 0.774 bits per heavy atom. The van der Waals surface area contributed by atoms with E-state index in [0.717, 1.165) is 19.4 Å². The number of rotatable bonds is 20. The number of likely N-dealkylation sites (N-methyl/N-ethyl adjacent to an activating group) is 1. The molecule has 6 heteroatoms. The zero-order chi connectivity index (χ0) is 22.8. The maximum Gasteiger partial charge on any atom is 0.472 e. The van der Waals surface area contributed by atoms with Crippen LogP contribution in [0.3, 0.4) is 0 Å². The topological polar surface area (TPSA) is 55.8 Å². The Bertz CT molecular complexity index is 594. The van der Waals surface area contributed by atoms with E-state index in [2.05, 4.69) is 33.2 Å². The molecule has 0 radical (unpaired) electrons. The summed E-state index contributed by atoms with van der Waals surface area (Å²) in [4.78, 5) is 9.88. The zero-order valence-electron chi connectivity index (χ0n) is 20.3. The van der Waals surface area contributed by atoms with Gasteiger partial charge in [-0.1, -0.05) is 108 Å². The van der Waals surface area contributed by atoms with Crippen LogP contribution in [0.1, 0.15) is 89.5 Å². The molecular formula is C25H47NO4P+. The van der Waals surface area contributed by atoms with Crippen LogP contribution in [0.15, 0.2) is 30.3 Å². The molecule has 0 aliphatic rings. The van der Waals surface area contributed by atoms with Crippen molar-refractivity contribution in [1.29, 1.82) is 0 Å². The molecule has 0 aliphatic heterocycles. The van der Waals surface area contributed by atoms with Gasteiger partial charge >= 0.3 is 7.82 Å². The number of phosphoric ester groups is 1. The number of hydrogen-bond acceptors (Lipinski definition) is 3. The van der Waals surface area contributed by atoms with Crippen LogP contribution in [0.2, 0.25) is 0 Å². The lowest BCUT2D eigenvalue weighted by Gasteiger charge is -2.30. The maximum atomic E-state index is 12.1. The molecule has 0 saturated carbocycles. The molecule has 5 nitrogen and oxygen atoms in total. The first-order chi connectivity index (χ1) is 14.8. The molecule has 1 aromatic carbocycles. The summed E-state index contributed by atoms with van der Waals surface area (Å²) < 4.78 is 23.1. The Kier molecular flexibility index (Phi) is 15.4. The first kappa shape index (κ1) is 28.3. The van der Waals surface area contributed by atoms with Gasteiger partial charge in [0.25, 0.3) is 0 Å². The van der Waals surface area contributed by atoms with E-state index in [1.54, 1.807) is 0 Å². The van der Waals surface area contributed by atoms with Crippen molar-refractivity contribution in [3.63, 3.8) is 0 Å². The van der Waals surface area contributed by atoms with Gasteiger partial charge in [-0.05, 0) is 6.42 Å². The molecule has 0 spiro atoms. The molecule has 1 aromatic rings. The van der Waals surface area contributed by atoms with Gasteiger partial charge in [0.05, 0.1) is 20.7 Å². The fourth-order valence-electron chi connectivity index (χ4n) is 3.72. The van der Waals surface area contributed by atoms with Crippen molar-refractivity contribution in [2.24, 2.45) is 0 Å². The average molecular weight is 457 g/mol. The van der Waals surface area contributed by atoms with Crippen molar-refractivity contribution in [1.82, 2.24) is 0 Å². The molecule has 0 amide bonds. The second kappa shape index (κ2) is 16.9. The number of phosphoric acid groups is 1. The second-order valence-electron chi connectivity index (χ2n) is 9.33. The van der Waals surface area contributed by atoms with Gasteiger partial charge in [-0.3, -0.25) is 9.05 Å². The zero-order valence-corrected chi connectivity index (χ0v) is 21.2. The maximum absolute atomic E-state index is 12.1. The first-order valence-electron chi connectivity index (χ1n) is 12.3. The normalized spacial score (nSPS) is 13.9. The number of benzene rings is 1. The van der Waals surface area contributed by atoms with Gasteiger partial charge in [0.15, 0.2) is 0 Å². The highest BCUT2D eigenvalue weighted by atomic mass is 31.2. The first-order valence-corrected chi connectivity index (χ1v) is 13.8. The van der Waals surface area contributed by atoms with Crippen molar-refractivity contribution in [2.45, 2.75) is 90.5 Å². The Labute approximate surface area is 191 Å². The fraction of sp³-hybridized carbons (Fsp3) is 0.760. The molecular weight excluding hydrogens is 409 g/mol. The molecule has 1 rings (SSSR count). The molecule has 0 heterocycles. The summed E-state index contributed by atoms with van der Waals surface area (Å²) >= 11 is 0. The van der Waals surface area contributed by atoms with Gasteiger partial charge in [0, 0.05) is 5.56 Å². The largest absolute Gasteiger partial charge is 0.472 e. The Morgan fingerprint density at radius 3 is 1.81 bits per heavy atom. The summed E-state index contributed by atoms with van der Waals surface area (Å²) in [5, 5.41) is 0. The summed E-state index contributed by atoms with van der Waals surface area (Å²) in [6.07, 6.45) is 15.1. The lowest BCUT2D eigenvalue weighted by molar-refractivity contribution is -0.903. The minimum absolute atomic E-state index is 0.200. The van der Waals surface area contributed by atoms with Gasteiger partial charge < -0.3 is 9.38 Å². The molecule has 0 aliphatic carbocycles. The number of unbranched alkanes of at least 4 members (excludes halogenated alkanes) is 11. The number of hydrogen-bond donors (Lipinski definition) is 1. The van der Waals surface area contributed by atoms with Crippen molar-refractivity contribution < 1.29 is 23.0 Å². The van der Waals surface area contributed by atoms with Crippen LogP contribution in [0, 0.1) is 0 Å². The summed E-state index contributed by atoms with van der Waals surface area (Å²) in [5.41, 5.74) is 1.24. The Balaban J connectivity index is 1.99. The van der Waals surface area contributed by atoms with Crippen molar-refractivity contribution in [3.8, 4) is 0 Å². The number of quaternary nitrogens is 1. The smallest absolute Gasteiger partial charge is 0.323 e. The fourth-order valence-corrected chi connectivity index (χ4v) is 4.47. The third kappa shape index (κ3) is 16.6. The summed E-state index contributed by atoms with van der Waals surface area (Å²) in [5.74, 6) is 0. The molecule has 1 unspecified atom stereocenters. The predicted octanol–water partition coefficient (Wildman–Crippen LogP) is 7.10. The quantitative estimate of drug-likeness (QED) is 0.129. The molecule has 0 saturated heterocycles. The molecule has 1 N–H and O–H groups in total. The molecule has 0 aromatic heterocycles. The molecule has 0 bridgehead atoms. The average Bonchev–Trinajstić information content (AvgIpc) is 2.71. The van der Waals surface area contributed by atoms with Crippen LogP contribution >= 0.6 is 7.82 Å². The predicted molar refractivity (Wildman–Crippen MR) is 130 cm³/mol.